The predicted octanol–water partition coefficient (Wildman–Crippen LogP) is 2.58. The van der Waals surface area contributed by atoms with Gasteiger partial charge in [0.2, 0.25) is 0 Å². The van der Waals surface area contributed by atoms with Crippen LogP contribution >= 0.6 is 11.8 Å². The maximum atomic E-state index is 3.79. The Kier molecular flexibility index (Phi) is 3.74. The number of nitrogens with one attached hydrogen (secondary N) is 1. The van der Waals surface area contributed by atoms with Gasteiger partial charge in [-0.15, -0.1) is 0 Å². The van der Waals surface area contributed by atoms with Crippen LogP contribution in [-0.4, -0.2) is 23.6 Å². The van der Waals surface area contributed by atoms with Crippen LogP contribution in [0.2, 0.25) is 0 Å². The Morgan fingerprint density at radius 2 is 2.15 bits per heavy atom. The quantitative estimate of drug-likeness (QED) is 0.683. The van der Waals surface area contributed by atoms with E-state index in [9.17, 15) is 0 Å². The van der Waals surface area contributed by atoms with Crippen molar-refractivity contribution in [3.63, 3.8) is 0 Å². The zero-order valence-corrected chi connectivity index (χ0v) is 8.98. The van der Waals surface area contributed by atoms with Gasteiger partial charge in [-0.05, 0) is 37.9 Å². The van der Waals surface area contributed by atoms with E-state index >= 15 is 0 Å². The van der Waals surface area contributed by atoms with Gasteiger partial charge in [0.05, 0.1) is 0 Å². The zero-order chi connectivity index (χ0) is 8.93. The molecule has 2 heteroatoms. The monoisotopic (exact) mass is 197 g/mol. The number of hydrogen-bond acceptors (Lipinski definition) is 2. The highest BCUT2D eigenvalue weighted by molar-refractivity contribution is 7.99. The summed E-state index contributed by atoms with van der Waals surface area (Å²) >= 11 is 2.11. The molecule has 0 aromatic carbocycles. The molecule has 1 fully saturated rings. The van der Waals surface area contributed by atoms with Gasteiger partial charge in [-0.2, -0.15) is 11.8 Å². The first-order chi connectivity index (χ1) is 6.45. The lowest BCUT2D eigenvalue weighted by molar-refractivity contribution is 0.402. The Morgan fingerprint density at radius 1 is 1.15 bits per heavy atom. The van der Waals surface area contributed by atoms with Gasteiger partial charge in [-0.1, -0.05) is 12.2 Å². The molecule has 0 amide bonds. The van der Waals surface area contributed by atoms with Crippen molar-refractivity contribution in [3.8, 4) is 0 Å². The number of rotatable bonds is 2. The molecular formula is C11H19NS. The van der Waals surface area contributed by atoms with Crippen LogP contribution in [0, 0.1) is 0 Å². The Balaban J connectivity index is 1.72. The van der Waals surface area contributed by atoms with Crippen molar-refractivity contribution in [2.75, 3.05) is 11.5 Å². The first-order valence-corrected chi connectivity index (χ1v) is 6.59. The van der Waals surface area contributed by atoms with E-state index in [1.807, 2.05) is 0 Å². The standard InChI is InChI=1S/C11H19NS/c1-2-5-10(6-3-1)12-11-7-4-8-13-9-11/h1-2,10-12H,3-9H2. The molecule has 1 saturated heterocycles. The second-order valence-electron chi connectivity index (χ2n) is 4.06. The Labute approximate surface area is 85.4 Å². The zero-order valence-electron chi connectivity index (χ0n) is 8.17. The van der Waals surface area contributed by atoms with Crippen LogP contribution in [0.25, 0.3) is 0 Å². The molecule has 0 aromatic rings. The van der Waals surface area contributed by atoms with E-state index in [0.29, 0.717) is 0 Å². The average molecular weight is 197 g/mol. The van der Waals surface area contributed by atoms with Gasteiger partial charge < -0.3 is 5.32 Å². The van der Waals surface area contributed by atoms with Gasteiger partial charge >= 0.3 is 0 Å². The summed E-state index contributed by atoms with van der Waals surface area (Å²) in [4.78, 5) is 0. The van der Waals surface area contributed by atoms with Crippen LogP contribution in [0.3, 0.4) is 0 Å². The first-order valence-electron chi connectivity index (χ1n) is 5.44. The molecule has 1 aliphatic heterocycles. The minimum atomic E-state index is 0.772. The highest BCUT2D eigenvalue weighted by Crippen LogP contribution is 2.19. The molecular weight excluding hydrogens is 178 g/mol. The molecule has 2 atom stereocenters. The minimum Gasteiger partial charge on any atom is -0.310 e. The second-order valence-corrected chi connectivity index (χ2v) is 5.21. The molecule has 13 heavy (non-hydrogen) atoms. The molecule has 2 unspecified atom stereocenters. The maximum Gasteiger partial charge on any atom is 0.0161 e. The van der Waals surface area contributed by atoms with Crippen molar-refractivity contribution in [2.45, 2.75) is 44.2 Å². The number of thioether (sulfide) groups is 1. The van der Waals surface area contributed by atoms with Crippen LogP contribution in [0.4, 0.5) is 0 Å². The minimum absolute atomic E-state index is 0.772. The van der Waals surface area contributed by atoms with Crippen molar-refractivity contribution < 1.29 is 0 Å². The molecule has 1 nitrogen and oxygen atoms in total. The highest BCUT2D eigenvalue weighted by Gasteiger charge is 2.17. The normalized spacial score (nSPS) is 34.8. The molecule has 0 spiro atoms. The molecule has 0 radical (unpaired) electrons. The van der Waals surface area contributed by atoms with Gasteiger partial charge in [-0.25, -0.2) is 0 Å². The third-order valence-corrected chi connectivity index (χ3v) is 4.12. The smallest absolute Gasteiger partial charge is 0.0161 e. The highest BCUT2D eigenvalue weighted by atomic mass is 32.2. The maximum absolute atomic E-state index is 3.79. The Hall–Kier alpha value is 0.0500. The average Bonchev–Trinajstić information content (AvgIpc) is 2.21. The Morgan fingerprint density at radius 3 is 2.85 bits per heavy atom. The Bertz CT molecular complexity index is 173. The van der Waals surface area contributed by atoms with Crippen molar-refractivity contribution in [1.82, 2.24) is 5.32 Å². The van der Waals surface area contributed by atoms with Gasteiger partial charge in [0.15, 0.2) is 0 Å². The molecule has 2 rings (SSSR count). The SMILES string of the molecule is C1=CCC(NC2CCCSC2)CC1. The van der Waals surface area contributed by atoms with Crippen molar-refractivity contribution >= 4 is 11.8 Å². The molecule has 1 N–H and O–H groups in total. The molecule has 0 bridgehead atoms. The molecule has 1 aliphatic carbocycles. The summed E-state index contributed by atoms with van der Waals surface area (Å²) in [5.74, 6) is 2.71. The van der Waals surface area contributed by atoms with Gasteiger partial charge in [0.1, 0.15) is 0 Å². The third kappa shape index (κ3) is 3.03. The van der Waals surface area contributed by atoms with Crippen molar-refractivity contribution in [2.24, 2.45) is 0 Å². The number of allylic oxidation sites excluding steroid dienone is 1. The molecule has 1 heterocycles. The van der Waals surface area contributed by atoms with E-state index in [1.54, 1.807) is 0 Å². The van der Waals surface area contributed by atoms with Crippen LogP contribution in [0.1, 0.15) is 32.1 Å². The number of hydrogen-bond donors (Lipinski definition) is 1. The fraction of sp³-hybridized carbons (Fsp3) is 0.818. The summed E-state index contributed by atoms with van der Waals surface area (Å²) in [6.07, 6.45) is 11.3. The van der Waals surface area contributed by atoms with E-state index in [2.05, 4.69) is 29.2 Å². The lowest BCUT2D eigenvalue weighted by atomic mass is 10.0. The summed E-state index contributed by atoms with van der Waals surface area (Å²) in [5, 5.41) is 3.79. The van der Waals surface area contributed by atoms with E-state index in [4.69, 9.17) is 0 Å². The first kappa shape index (κ1) is 9.60. The largest absolute Gasteiger partial charge is 0.310 e. The van der Waals surface area contributed by atoms with Gasteiger partial charge in [-0.3, -0.25) is 0 Å². The van der Waals surface area contributed by atoms with E-state index in [1.165, 1.54) is 43.6 Å². The lowest BCUT2D eigenvalue weighted by Gasteiger charge is -2.28. The van der Waals surface area contributed by atoms with Crippen molar-refractivity contribution in [3.05, 3.63) is 12.2 Å². The summed E-state index contributed by atoms with van der Waals surface area (Å²) in [7, 11) is 0. The summed E-state index contributed by atoms with van der Waals surface area (Å²) in [6, 6.07) is 1.57. The molecule has 0 aromatic heterocycles. The fourth-order valence-corrected chi connectivity index (χ4v) is 3.24. The topological polar surface area (TPSA) is 12.0 Å². The van der Waals surface area contributed by atoms with Crippen LogP contribution < -0.4 is 5.32 Å². The van der Waals surface area contributed by atoms with Crippen LogP contribution in [0.5, 0.6) is 0 Å². The summed E-state index contributed by atoms with van der Waals surface area (Å²) < 4.78 is 0. The lowest BCUT2D eigenvalue weighted by Crippen LogP contribution is -2.41. The van der Waals surface area contributed by atoms with Crippen molar-refractivity contribution in [1.29, 1.82) is 0 Å². The van der Waals surface area contributed by atoms with E-state index < -0.39 is 0 Å². The molecule has 74 valence electrons. The summed E-state index contributed by atoms with van der Waals surface area (Å²) in [6.45, 7) is 0. The molecule has 2 aliphatic rings. The predicted molar refractivity (Wildman–Crippen MR) is 60.3 cm³/mol. The summed E-state index contributed by atoms with van der Waals surface area (Å²) in [5.41, 5.74) is 0. The third-order valence-electron chi connectivity index (χ3n) is 2.90. The van der Waals surface area contributed by atoms with E-state index in [0.717, 1.165) is 12.1 Å². The fourth-order valence-electron chi connectivity index (χ4n) is 2.15. The molecule has 0 saturated carbocycles. The van der Waals surface area contributed by atoms with Crippen LogP contribution in [0.15, 0.2) is 12.2 Å². The van der Waals surface area contributed by atoms with Crippen LogP contribution in [-0.2, 0) is 0 Å². The second kappa shape index (κ2) is 5.06. The van der Waals surface area contributed by atoms with E-state index in [-0.39, 0.29) is 0 Å². The van der Waals surface area contributed by atoms with Gasteiger partial charge in [0, 0.05) is 17.8 Å². The van der Waals surface area contributed by atoms with Gasteiger partial charge in [0.25, 0.3) is 0 Å².